The van der Waals surface area contributed by atoms with E-state index in [2.05, 4.69) is 10.9 Å². The molecule has 78 valence electrons. The Hall–Kier alpha value is -2.14. The zero-order valence-electron chi connectivity index (χ0n) is 8.81. The lowest BCUT2D eigenvalue weighted by atomic mass is 10.0. The van der Waals surface area contributed by atoms with Crippen LogP contribution in [0.15, 0.2) is 36.5 Å². The second-order valence-electron chi connectivity index (χ2n) is 3.50. The third-order valence-corrected chi connectivity index (χ3v) is 2.44. The van der Waals surface area contributed by atoms with Gasteiger partial charge in [0.1, 0.15) is 0 Å². The Labute approximate surface area is 94.3 Å². The van der Waals surface area contributed by atoms with E-state index in [0.29, 0.717) is 18.4 Å². The summed E-state index contributed by atoms with van der Waals surface area (Å²) >= 11 is 0. The smallest absolute Gasteiger partial charge is 0.164 e. The van der Waals surface area contributed by atoms with Crippen molar-refractivity contribution in [3.8, 4) is 12.3 Å². The van der Waals surface area contributed by atoms with Crippen molar-refractivity contribution in [2.75, 3.05) is 0 Å². The highest BCUT2D eigenvalue weighted by atomic mass is 16.1. The molecular formula is C14H11NO. The maximum Gasteiger partial charge on any atom is 0.164 e. The van der Waals surface area contributed by atoms with Crippen LogP contribution in [0, 0.1) is 12.3 Å². The summed E-state index contributed by atoms with van der Waals surface area (Å²) in [4.78, 5) is 16.1. The molecule has 1 aromatic heterocycles. The molecule has 0 aliphatic carbocycles. The standard InChI is InChI=1S/C14H11NO/c1-2-3-9-14(16)12-6-4-8-13-11(12)7-5-10-15-13/h1,4-8,10H,3,9H2. The van der Waals surface area contributed by atoms with Gasteiger partial charge in [0.05, 0.1) is 5.52 Å². The maximum atomic E-state index is 11.9. The lowest BCUT2D eigenvalue weighted by Gasteiger charge is -2.03. The van der Waals surface area contributed by atoms with Gasteiger partial charge in [-0.3, -0.25) is 9.78 Å². The van der Waals surface area contributed by atoms with Gasteiger partial charge in [-0.05, 0) is 12.1 Å². The zero-order chi connectivity index (χ0) is 11.4. The van der Waals surface area contributed by atoms with Gasteiger partial charge in [-0.25, -0.2) is 0 Å². The summed E-state index contributed by atoms with van der Waals surface area (Å²) in [6.07, 6.45) is 7.75. The molecule has 1 aromatic carbocycles. The van der Waals surface area contributed by atoms with Crippen LogP contribution in [0.4, 0.5) is 0 Å². The number of hydrogen-bond acceptors (Lipinski definition) is 2. The summed E-state index contributed by atoms with van der Waals surface area (Å²) in [6.45, 7) is 0. The number of hydrogen-bond donors (Lipinski definition) is 0. The molecule has 0 unspecified atom stereocenters. The normalized spacial score (nSPS) is 9.94. The van der Waals surface area contributed by atoms with Crippen LogP contribution >= 0.6 is 0 Å². The largest absolute Gasteiger partial charge is 0.294 e. The van der Waals surface area contributed by atoms with E-state index in [1.54, 1.807) is 6.20 Å². The van der Waals surface area contributed by atoms with Gasteiger partial charge in [-0.1, -0.05) is 18.2 Å². The van der Waals surface area contributed by atoms with Crippen molar-refractivity contribution >= 4 is 16.7 Å². The van der Waals surface area contributed by atoms with Crippen molar-refractivity contribution in [2.45, 2.75) is 12.8 Å². The number of Topliss-reactive ketones (excluding diaryl/α,β-unsaturated/α-hetero) is 1. The second kappa shape index (κ2) is 4.59. The first-order valence-electron chi connectivity index (χ1n) is 5.13. The van der Waals surface area contributed by atoms with Crippen molar-refractivity contribution in [3.63, 3.8) is 0 Å². The van der Waals surface area contributed by atoms with Crippen LogP contribution in [0.1, 0.15) is 23.2 Å². The minimum absolute atomic E-state index is 0.0801. The molecule has 2 nitrogen and oxygen atoms in total. The van der Waals surface area contributed by atoms with E-state index in [0.717, 1.165) is 10.9 Å². The average molecular weight is 209 g/mol. The highest BCUT2D eigenvalue weighted by Crippen LogP contribution is 2.18. The molecule has 2 rings (SSSR count). The van der Waals surface area contributed by atoms with E-state index >= 15 is 0 Å². The minimum atomic E-state index is 0.0801. The van der Waals surface area contributed by atoms with Gasteiger partial charge in [0, 0.05) is 30.0 Å². The molecule has 0 aliphatic heterocycles. The first-order valence-corrected chi connectivity index (χ1v) is 5.13. The summed E-state index contributed by atoms with van der Waals surface area (Å²) in [5.41, 5.74) is 1.55. The predicted molar refractivity (Wildman–Crippen MR) is 64.1 cm³/mol. The van der Waals surface area contributed by atoms with Gasteiger partial charge in [0.25, 0.3) is 0 Å². The van der Waals surface area contributed by atoms with Crippen LogP contribution in [-0.2, 0) is 0 Å². The van der Waals surface area contributed by atoms with E-state index in [-0.39, 0.29) is 5.78 Å². The van der Waals surface area contributed by atoms with Crippen molar-refractivity contribution in [2.24, 2.45) is 0 Å². The van der Waals surface area contributed by atoms with Crippen LogP contribution in [0.5, 0.6) is 0 Å². The van der Waals surface area contributed by atoms with Crippen molar-refractivity contribution in [1.82, 2.24) is 4.98 Å². The van der Waals surface area contributed by atoms with Gasteiger partial charge < -0.3 is 0 Å². The summed E-state index contributed by atoms with van der Waals surface area (Å²) in [7, 11) is 0. The molecule has 0 bridgehead atoms. The molecule has 0 aliphatic rings. The molecule has 0 atom stereocenters. The van der Waals surface area contributed by atoms with Crippen molar-refractivity contribution in [1.29, 1.82) is 0 Å². The third-order valence-electron chi connectivity index (χ3n) is 2.44. The Morgan fingerprint density at radius 1 is 1.31 bits per heavy atom. The third kappa shape index (κ3) is 1.94. The zero-order valence-corrected chi connectivity index (χ0v) is 8.81. The Balaban J connectivity index is 2.45. The maximum absolute atomic E-state index is 11.9. The number of pyridine rings is 1. The van der Waals surface area contributed by atoms with Gasteiger partial charge >= 0.3 is 0 Å². The lowest BCUT2D eigenvalue weighted by Crippen LogP contribution is -1.99. The highest BCUT2D eigenvalue weighted by Gasteiger charge is 2.08. The SMILES string of the molecule is C#CCCC(=O)c1cccc2ncccc12. The van der Waals surface area contributed by atoms with Crippen LogP contribution in [0.3, 0.4) is 0 Å². The van der Waals surface area contributed by atoms with Gasteiger partial charge in [0.2, 0.25) is 0 Å². The summed E-state index contributed by atoms with van der Waals surface area (Å²) in [5, 5.41) is 0.895. The fourth-order valence-electron chi connectivity index (χ4n) is 1.67. The summed E-state index contributed by atoms with van der Waals surface area (Å²) < 4.78 is 0. The average Bonchev–Trinajstić information content (AvgIpc) is 2.35. The number of nitrogens with zero attached hydrogens (tertiary/aromatic N) is 1. The Kier molecular flexibility index (Phi) is 2.98. The van der Waals surface area contributed by atoms with Crippen LogP contribution in [-0.4, -0.2) is 10.8 Å². The molecular weight excluding hydrogens is 198 g/mol. The first-order chi connectivity index (χ1) is 7.83. The topological polar surface area (TPSA) is 30.0 Å². The van der Waals surface area contributed by atoms with Gasteiger partial charge in [-0.2, -0.15) is 0 Å². The second-order valence-corrected chi connectivity index (χ2v) is 3.50. The minimum Gasteiger partial charge on any atom is -0.294 e. The van der Waals surface area contributed by atoms with Crippen LogP contribution in [0.25, 0.3) is 10.9 Å². The Morgan fingerprint density at radius 2 is 2.19 bits per heavy atom. The monoisotopic (exact) mass is 209 g/mol. The van der Waals surface area contributed by atoms with Crippen LogP contribution in [0.2, 0.25) is 0 Å². The molecule has 2 aromatic rings. The molecule has 0 radical (unpaired) electrons. The van der Waals surface area contributed by atoms with Gasteiger partial charge in [0.15, 0.2) is 5.78 Å². The number of rotatable bonds is 3. The molecule has 0 fully saturated rings. The highest BCUT2D eigenvalue weighted by molar-refractivity contribution is 6.07. The molecule has 16 heavy (non-hydrogen) atoms. The summed E-state index contributed by atoms with van der Waals surface area (Å²) in [5.74, 6) is 2.56. The molecule has 0 saturated heterocycles. The molecule has 0 saturated carbocycles. The van der Waals surface area contributed by atoms with E-state index in [9.17, 15) is 4.79 Å². The van der Waals surface area contributed by atoms with Crippen molar-refractivity contribution in [3.05, 3.63) is 42.1 Å². The summed E-state index contributed by atoms with van der Waals surface area (Å²) in [6, 6.07) is 9.31. The fraction of sp³-hybridized carbons (Fsp3) is 0.143. The van der Waals surface area contributed by atoms with E-state index < -0.39 is 0 Å². The fourth-order valence-corrected chi connectivity index (χ4v) is 1.67. The molecule has 0 amide bonds. The number of aromatic nitrogens is 1. The van der Waals surface area contributed by atoms with E-state index in [1.807, 2.05) is 30.3 Å². The molecule has 0 N–H and O–H groups in total. The van der Waals surface area contributed by atoms with E-state index in [4.69, 9.17) is 6.42 Å². The number of carbonyl (C=O) groups is 1. The predicted octanol–water partition coefficient (Wildman–Crippen LogP) is 2.83. The number of fused-ring (bicyclic) bond motifs is 1. The lowest BCUT2D eigenvalue weighted by molar-refractivity contribution is 0.0986. The number of ketones is 1. The van der Waals surface area contributed by atoms with E-state index in [1.165, 1.54) is 0 Å². The Morgan fingerprint density at radius 3 is 3.00 bits per heavy atom. The molecule has 0 spiro atoms. The Bertz CT molecular complexity index is 561. The quantitative estimate of drug-likeness (QED) is 0.574. The first kappa shape index (κ1) is 10.4. The van der Waals surface area contributed by atoms with Crippen molar-refractivity contribution < 1.29 is 4.79 Å². The number of carbonyl (C=O) groups excluding carboxylic acids is 1. The van der Waals surface area contributed by atoms with Crippen LogP contribution < -0.4 is 0 Å². The number of terminal acetylenes is 1. The molecule has 1 heterocycles. The molecule has 2 heteroatoms. The van der Waals surface area contributed by atoms with Gasteiger partial charge in [-0.15, -0.1) is 12.3 Å². The number of benzene rings is 1.